The summed E-state index contributed by atoms with van der Waals surface area (Å²) in [7, 11) is 0. The van der Waals surface area contributed by atoms with Gasteiger partial charge in [-0.25, -0.2) is 4.79 Å². The summed E-state index contributed by atoms with van der Waals surface area (Å²) in [6.45, 7) is 0. The second kappa shape index (κ2) is 7.03. The summed E-state index contributed by atoms with van der Waals surface area (Å²) in [4.78, 5) is 25.4. The minimum atomic E-state index is -4.45. The molecule has 26 heavy (non-hydrogen) atoms. The van der Waals surface area contributed by atoms with Crippen molar-refractivity contribution in [3.63, 3.8) is 0 Å². The lowest BCUT2D eigenvalue weighted by Gasteiger charge is -2.30. The van der Waals surface area contributed by atoms with E-state index in [-0.39, 0.29) is 12.2 Å². The Hall–Kier alpha value is -3.09. The van der Waals surface area contributed by atoms with Gasteiger partial charge in [0.1, 0.15) is 5.75 Å². The zero-order valence-corrected chi connectivity index (χ0v) is 13.4. The van der Waals surface area contributed by atoms with Crippen LogP contribution < -0.4 is 4.74 Å². The molecule has 1 aliphatic heterocycles. The number of para-hydroxylation sites is 1. The molecule has 7 heteroatoms. The number of ketones is 1. The predicted octanol–water partition coefficient (Wildman–Crippen LogP) is 4.73. The Morgan fingerprint density at radius 1 is 1.04 bits per heavy atom. The third-order valence-corrected chi connectivity index (χ3v) is 3.93. The van der Waals surface area contributed by atoms with Crippen LogP contribution in [-0.2, 0) is 11.0 Å². The predicted molar refractivity (Wildman–Crippen MR) is 87.3 cm³/mol. The molecule has 0 aromatic heterocycles. The lowest BCUT2D eigenvalue weighted by molar-refractivity contribution is -0.137. The van der Waals surface area contributed by atoms with Crippen molar-refractivity contribution < 1.29 is 27.5 Å². The van der Waals surface area contributed by atoms with Crippen molar-refractivity contribution in [2.75, 3.05) is 0 Å². The highest BCUT2D eigenvalue weighted by Gasteiger charge is 2.33. The van der Waals surface area contributed by atoms with Crippen LogP contribution in [0.4, 0.5) is 18.0 Å². The third-order valence-electron chi connectivity index (χ3n) is 3.93. The van der Waals surface area contributed by atoms with Crippen LogP contribution in [0.25, 0.3) is 0 Å². The standard InChI is InChI=1S/C19H14F3NO3/c20-19(21,22)14-8-6-13(7-9-14)17-12-15(24)10-11-23(17)18(25)26-16-4-2-1-3-5-16/h1-11,17H,12H2/t17-/m0/s1. The average Bonchev–Trinajstić information content (AvgIpc) is 2.62. The molecule has 2 aromatic carbocycles. The minimum Gasteiger partial charge on any atom is -0.410 e. The molecule has 0 saturated carbocycles. The average molecular weight is 361 g/mol. The van der Waals surface area contributed by atoms with Gasteiger partial charge >= 0.3 is 12.3 Å². The van der Waals surface area contributed by atoms with Crippen LogP contribution in [0.2, 0.25) is 0 Å². The maximum absolute atomic E-state index is 12.7. The van der Waals surface area contributed by atoms with E-state index in [0.29, 0.717) is 11.3 Å². The number of nitrogens with zero attached hydrogens (tertiary/aromatic N) is 1. The molecule has 0 bridgehead atoms. The lowest BCUT2D eigenvalue weighted by atomic mass is 9.96. The number of amides is 1. The molecule has 2 aromatic rings. The molecule has 1 aliphatic rings. The smallest absolute Gasteiger partial charge is 0.410 e. The molecule has 0 unspecified atom stereocenters. The normalized spacial score (nSPS) is 17.3. The third kappa shape index (κ3) is 3.93. The van der Waals surface area contributed by atoms with Gasteiger partial charge in [-0.2, -0.15) is 13.2 Å². The van der Waals surface area contributed by atoms with Crippen molar-refractivity contribution in [3.8, 4) is 5.75 Å². The Morgan fingerprint density at radius 3 is 2.31 bits per heavy atom. The van der Waals surface area contributed by atoms with E-state index in [4.69, 9.17) is 4.74 Å². The van der Waals surface area contributed by atoms with E-state index in [0.717, 1.165) is 12.1 Å². The second-order valence-electron chi connectivity index (χ2n) is 5.71. The molecule has 1 atom stereocenters. The van der Waals surface area contributed by atoms with Crippen LogP contribution in [-0.4, -0.2) is 16.8 Å². The number of halogens is 3. The van der Waals surface area contributed by atoms with Crippen molar-refractivity contribution >= 4 is 11.9 Å². The van der Waals surface area contributed by atoms with Crippen molar-refractivity contribution in [1.29, 1.82) is 0 Å². The number of carbonyl (C=O) groups excluding carboxylic acids is 2. The zero-order valence-electron chi connectivity index (χ0n) is 13.4. The highest BCUT2D eigenvalue weighted by molar-refractivity contribution is 5.92. The molecule has 1 heterocycles. The zero-order chi connectivity index (χ0) is 18.7. The maximum Gasteiger partial charge on any atom is 0.419 e. The summed E-state index contributed by atoms with van der Waals surface area (Å²) in [5, 5.41) is 0. The highest BCUT2D eigenvalue weighted by atomic mass is 19.4. The van der Waals surface area contributed by atoms with Crippen molar-refractivity contribution in [2.45, 2.75) is 18.6 Å². The largest absolute Gasteiger partial charge is 0.419 e. The molecular weight excluding hydrogens is 347 g/mol. The van der Waals surface area contributed by atoms with Gasteiger partial charge in [-0.15, -0.1) is 0 Å². The van der Waals surface area contributed by atoms with E-state index in [2.05, 4.69) is 0 Å². The van der Waals surface area contributed by atoms with Crippen molar-refractivity contribution in [2.24, 2.45) is 0 Å². The first-order valence-electron chi connectivity index (χ1n) is 7.78. The molecule has 3 rings (SSSR count). The first-order valence-corrected chi connectivity index (χ1v) is 7.78. The van der Waals surface area contributed by atoms with Gasteiger partial charge in [0.05, 0.1) is 11.6 Å². The quantitative estimate of drug-likeness (QED) is 0.777. The molecule has 0 saturated heterocycles. The van der Waals surface area contributed by atoms with Gasteiger partial charge in [0.2, 0.25) is 0 Å². The summed E-state index contributed by atoms with van der Waals surface area (Å²) in [5.74, 6) is 0.104. The van der Waals surface area contributed by atoms with Gasteiger partial charge in [0.15, 0.2) is 5.78 Å². The van der Waals surface area contributed by atoms with Gasteiger partial charge in [0.25, 0.3) is 0 Å². The monoisotopic (exact) mass is 361 g/mol. The summed E-state index contributed by atoms with van der Waals surface area (Å²) >= 11 is 0. The van der Waals surface area contributed by atoms with Gasteiger partial charge < -0.3 is 4.74 Å². The SMILES string of the molecule is O=C1C=CN(C(=O)Oc2ccccc2)[C@H](c2ccc(C(F)(F)F)cc2)C1. The number of ether oxygens (including phenoxy) is 1. The fourth-order valence-electron chi connectivity index (χ4n) is 2.63. The molecule has 4 nitrogen and oxygen atoms in total. The number of allylic oxidation sites excluding steroid dienone is 1. The van der Waals surface area contributed by atoms with E-state index in [1.807, 2.05) is 0 Å². The topological polar surface area (TPSA) is 46.6 Å². The fraction of sp³-hybridized carbons (Fsp3) is 0.158. The Morgan fingerprint density at radius 2 is 1.69 bits per heavy atom. The van der Waals surface area contributed by atoms with Crippen LogP contribution >= 0.6 is 0 Å². The Balaban J connectivity index is 1.85. The number of hydrogen-bond donors (Lipinski definition) is 0. The Kier molecular flexibility index (Phi) is 4.79. The number of rotatable bonds is 2. The van der Waals surface area contributed by atoms with E-state index >= 15 is 0 Å². The molecule has 1 amide bonds. The molecule has 0 radical (unpaired) electrons. The first kappa shape index (κ1) is 17.7. The number of alkyl halides is 3. The van der Waals surface area contributed by atoms with E-state index < -0.39 is 23.9 Å². The molecule has 134 valence electrons. The second-order valence-corrected chi connectivity index (χ2v) is 5.71. The molecule has 0 aliphatic carbocycles. The molecule has 0 N–H and O–H groups in total. The lowest BCUT2D eigenvalue weighted by Crippen LogP contribution is -2.36. The summed E-state index contributed by atoms with van der Waals surface area (Å²) in [6.07, 6.45) is -2.67. The summed E-state index contributed by atoms with van der Waals surface area (Å²) in [5.41, 5.74) is -0.377. The Labute approximate surface area is 147 Å². The summed E-state index contributed by atoms with van der Waals surface area (Å²) in [6, 6.07) is 12.0. The Bertz CT molecular complexity index is 829. The van der Waals surface area contributed by atoms with E-state index in [1.165, 1.54) is 29.3 Å². The van der Waals surface area contributed by atoms with Gasteiger partial charge in [-0.3, -0.25) is 9.69 Å². The minimum absolute atomic E-state index is 0.0360. The molecule has 0 spiro atoms. The fourth-order valence-corrected chi connectivity index (χ4v) is 2.63. The van der Waals surface area contributed by atoms with Crippen LogP contribution in [0.3, 0.4) is 0 Å². The van der Waals surface area contributed by atoms with Gasteiger partial charge in [-0.05, 0) is 35.9 Å². The number of benzene rings is 2. The van der Waals surface area contributed by atoms with Crippen LogP contribution in [0.5, 0.6) is 5.75 Å². The highest BCUT2D eigenvalue weighted by Crippen LogP contribution is 2.33. The van der Waals surface area contributed by atoms with Gasteiger partial charge in [-0.1, -0.05) is 30.3 Å². The van der Waals surface area contributed by atoms with Gasteiger partial charge in [0, 0.05) is 12.6 Å². The van der Waals surface area contributed by atoms with Crippen LogP contribution in [0.15, 0.2) is 66.9 Å². The first-order chi connectivity index (χ1) is 12.3. The summed E-state index contributed by atoms with van der Waals surface area (Å²) < 4.78 is 43.4. The van der Waals surface area contributed by atoms with Crippen LogP contribution in [0, 0.1) is 0 Å². The number of carbonyl (C=O) groups is 2. The van der Waals surface area contributed by atoms with Crippen molar-refractivity contribution in [3.05, 3.63) is 78.0 Å². The van der Waals surface area contributed by atoms with E-state index in [9.17, 15) is 22.8 Å². The molecule has 0 fully saturated rings. The van der Waals surface area contributed by atoms with Crippen molar-refractivity contribution in [1.82, 2.24) is 4.90 Å². The molecular formula is C19H14F3NO3. The van der Waals surface area contributed by atoms with E-state index in [1.54, 1.807) is 30.3 Å². The maximum atomic E-state index is 12.7. The van der Waals surface area contributed by atoms with Crippen LogP contribution in [0.1, 0.15) is 23.6 Å². The number of hydrogen-bond acceptors (Lipinski definition) is 3.